The van der Waals surface area contributed by atoms with E-state index in [1.54, 1.807) is 0 Å². The number of aromatic nitrogens is 4. The van der Waals surface area contributed by atoms with Crippen molar-refractivity contribution in [2.24, 2.45) is 0 Å². The first-order chi connectivity index (χ1) is 22.3. The molecule has 6 aromatic carbocycles. The number of hydrogen-bond donors (Lipinski definition) is 0. The molecule has 5 heterocycles. The molecule has 0 aliphatic heterocycles. The average Bonchev–Trinajstić information content (AvgIpc) is 3.87. The van der Waals surface area contributed by atoms with Crippen LogP contribution in [0.2, 0.25) is 0 Å². The van der Waals surface area contributed by atoms with Gasteiger partial charge in [0.25, 0.3) is 0 Å². The summed E-state index contributed by atoms with van der Waals surface area (Å²) in [5, 5.41) is 5.08. The SMILES string of the molecule is c1ccc2c(c1)cc1n(-c3ccc4sc5ccc(-n6c7ccccc7n7c8ccccc8cc67)cc5c4c3)c3ccccc3n21. The molecule has 0 bridgehead atoms. The van der Waals surface area contributed by atoms with Crippen LogP contribution >= 0.6 is 11.3 Å². The Morgan fingerprint density at radius 1 is 0.356 bits per heavy atom. The van der Waals surface area contributed by atoms with Crippen LogP contribution in [0.3, 0.4) is 0 Å². The number of hydrogen-bond acceptors (Lipinski definition) is 1. The van der Waals surface area contributed by atoms with Gasteiger partial charge in [-0.2, -0.15) is 0 Å². The van der Waals surface area contributed by atoms with Crippen molar-refractivity contribution in [3.05, 3.63) is 146 Å². The Bertz CT molecular complexity index is 2790. The highest BCUT2D eigenvalue weighted by Gasteiger charge is 2.18. The third-order valence-corrected chi connectivity index (χ3v) is 10.7. The molecule has 0 aliphatic carbocycles. The van der Waals surface area contributed by atoms with Crippen LogP contribution in [0, 0.1) is 0 Å². The molecular weight excluding hydrogens is 569 g/mol. The van der Waals surface area contributed by atoms with Gasteiger partial charge in [-0.05, 0) is 84.9 Å². The summed E-state index contributed by atoms with van der Waals surface area (Å²) in [5.41, 5.74) is 12.0. The summed E-state index contributed by atoms with van der Waals surface area (Å²) in [4.78, 5) is 0. The van der Waals surface area contributed by atoms with E-state index >= 15 is 0 Å². The van der Waals surface area contributed by atoms with Gasteiger partial charge in [-0.15, -0.1) is 11.3 Å². The third kappa shape index (κ3) is 3.05. The molecular formula is C40H24N4S. The first-order valence-electron chi connectivity index (χ1n) is 15.3. The molecule has 210 valence electrons. The Labute approximate surface area is 260 Å². The molecule has 0 fully saturated rings. The lowest BCUT2D eigenvalue weighted by atomic mass is 10.1. The summed E-state index contributed by atoms with van der Waals surface area (Å²) < 4.78 is 12.2. The second kappa shape index (κ2) is 8.44. The number of para-hydroxylation sites is 6. The minimum atomic E-state index is 1.17. The van der Waals surface area contributed by atoms with Crippen LogP contribution in [0.25, 0.3) is 86.7 Å². The normalized spacial score (nSPS) is 12.4. The van der Waals surface area contributed by atoms with Crippen LogP contribution in [0.5, 0.6) is 0 Å². The molecule has 5 aromatic heterocycles. The Hall–Kier alpha value is -5.78. The van der Waals surface area contributed by atoms with E-state index in [2.05, 4.69) is 164 Å². The zero-order valence-corrected chi connectivity index (χ0v) is 24.9. The Balaban J connectivity index is 1.19. The number of thiophene rings is 1. The Kier molecular flexibility index (Phi) is 4.43. The van der Waals surface area contributed by atoms with Crippen LogP contribution in [0.1, 0.15) is 0 Å². The summed E-state index contributed by atoms with van der Waals surface area (Å²) in [7, 11) is 0. The largest absolute Gasteiger partial charge is 0.294 e. The van der Waals surface area contributed by atoms with E-state index in [9.17, 15) is 0 Å². The average molecular weight is 593 g/mol. The molecule has 45 heavy (non-hydrogen) atoms. The van der Waals surface area contributed by atoms with E-state index < -0.39 is 0 Å². The molecule has 0 N–H and O–H groups in total. The zero-order chi connectivity index (χ0) is 29.2. The molecule has 11 rings (SSSR count). The number of rotatable bonds is 2. The minimum absolute atomic E-state index is 1.17. The maximum atomic E-state index is 2.41. The second-order valence-corrected chi connectivity index (χ2v) is 13.0. The van der Waals surface area contributed by atoms with Crippen molar-refractivity contribution in [3.8, 4) is 11.4 Å². The molecule has 0 atom stereocenters. The van der Waals surface area contributed by atoms with Crippen LogP contribution in [0.4, 0.5) is 0 Å². The quantitative estimate of drug-likeness (QED) is 0.190. The number of nitrogens with zero attached hydrogens (tertiary/aromatic N) is 4. The molecule has 0 aliphatic rings. The highest BCUT2D eigenvalue weighted by Crippen LogP contribution is 2.39. The molecule has 5 heteroatoms. The van der Waals surface area contributed by atoms with Gasteiger partial charge < -0.3 is 0 Å². The summed E-state index contributed by atoms with van der Waals surface area (Å²) in [6.07, 6.45) is 0. The van der Waals surface area contributed by atoms with Crippen LogP contribution < -0.4 is 0 Å². The van der Waals surface area contributed by atoms with Gasteiger partial charge in [-0.25, -0.2) is 0 Å². The topological polar surface area (TPSA) is 18.7 Å². The van der Waals surface area contributed by atoms with Crippen molar-refractivity contribution in [1.29, 1.82) is 0 Å². The zero-order valence-electron chi connectivity index (χ0n) is 24.1. The molecule has 0 radical (unpaired) electrons. The van der Waals surface area contributed by atoms with Crippen molar-refractivity contribution in [2.45, 2.75) is 0 Å². The lowest BCUT2D eigenvalue weighted by molar-refractivity contribution is 1.15. The van der Waals surface area contributed by atoms with Crippen LogP contribution in [-0.2, 0) is 0 Å². The predicted molar refractivity (Wildman–Crippen MR) is 190 cm³/mol. The van der Waals surface area contributed by atoms with Gasteiger partial charge in [-0.1, -0.05) is 60.7 Å². The second-order valence-electron chi connectivity index (χ2n) is 11.9. The summed E-state index contributed by atoms with van der Waals surface area (Å²) >= 11 is 1.87. The number of fused-ring (bicyclic) bond motifs is 13. The number of imidazole rings is 2. The molecule has 0 saturated heterocycles. The van der Waals surface area contributed by atoms with Crippen molar-refractivity contribution >= 4 is 86.7 Å². The van der Waals surface area contributed by atoms with Crippen LogP contribution in [0.15, 0.2) is 146 Å². The van der Waals surface area contributed by atoms with Gasteiger partial charge in [0.05, 0.1) is 33.1 Å². The fourth-order valence-electron chi connectivity index (χ4n) is 7.62. The van der Waals surface area contributed by atoms with Gasteiger partial charge >= 0.3 is 0 Å². The molecule has 0 spiro atoms. The van der Waals surface area contributed by atoms with E-state index in [1.807, 2.05) is 11.3 Å². The fourth-order valence-corrected chi connectivity index (χ4v) is 8.69. The lowest BCUT2D eigenvalue weighted by Gasteiger charge is -2.08. The monoisotopic (exact) mass is 592 g/mol. The van der Waals surface area contributed by atoms with Gasteiger partial charge in [0, 0.05) is 42.3 Å². The van der Waals surface area contributed by atoms with E-state index in [0.717, 1.165) is 0 Å². The van der Waals surface area contributed by atoms with Crippen molar-refractivity contribution in [3.63, 3.8) is 0 Å². The van der Waals surface area contributed by atoms with E-state index in [4.69, 9.17) is 0 Å². The summed E-state index contributed by atoms with van der Waals surface area (Å²) in [6.45, 7) is 0. The van der Waals surface area contributed by atoms with Gasteiger partial charge in [0.15, 0.2) is 0 Å². The molecule has 0 amide bonds. The van der Waals surface area contributed by atoms with E-state index in [-0.39, 0.29) is 0 Å². The Morgan fingerprint density at radius 3 is 1.22 bits per heavy atom. The summed E-state index contributed by atoms with van der Waals surface area (Å²) in [5.74, 6) is 0. The van der Waals surface area contributed by atoms with Crippen molar-refractivity contribution in [1.82, 2.24) is 17.9 Å². The van der Waals surface area contributed by atoms with Crippen molar-refractivity contribution < 1.29 is 0 Å². The molecule has 4 nitrogen and oxygen atoms in total. The fraction of sp³-hybridized carbons (Fsp3) is 0. The first-order valence-corrected chi connectivity index (χ1v) is 16.1. The summed E-state index contributed by atoms with van der Waals surface area (Å²) in [6, 6.07) is 53.3. The van der Waals surface area contributed by atoms with E-state index in [1.165, 1.54) is 86.7 Å². The minimum Gasteiger partial charge on any atom is -0.294 e. The van der Waals surface area contributed by atoms with Gasteiger partial charge in [-0.3, -0.25) is 17.9 Å². The van der Waals surface area contributed by atoms with E-state index in [0.29, 0.717) is 0 Å². The van der Waals surface area contributed by atoms with Crippen molar-refractivity contribution in [2.75, 3.05) is 0 Å². The maximum Gasteiger partial charge on any atom is 0.123 e. The number of benzene rings is 6. The van der Waals surface area contributed by atoms with Gasteiger partial charge in [0.2, 0.25) is 0 Å². The molecule has 0 saturated carbocycles. The smallest absolute Gasteiger partial charge is 0.123 e. The van der Waals surface area contributed by atoms with Crippen LogP contribution in [-0.4, -0.2) is 17.9 Å². The highest BCUT2D eigenvalue weighted by molar-refractivity contribution is 7.25. The molecule has 0 unspecified atom stereocenters. The highest BCUT2D eigenvalue weighted by atomic mass is 32.1. The Morgan fingerprint density at radius 2 is 0.756 bits per heavy atom. The third-order valence-electron chi connectivity index (χ3n) is 9.52. The maximum absolute atomic E-state index is 2.41. The predicted octanol–water partition coefficient (Wildman–Crippen LogP) is 10.8. The standard InChI is InChI=1S/C40H24N4S/c1-3-11-31-25(9-1)21-39-41(33-13-5-7-15-35(33)43(31)39)27-17-19-37-29(23-27)30-24-28(18-20-38(30)45-37)42-34-14-6-8-16-36(34)44-32-12-4-2-10-26(32)22-40(42)44/h1-24H. The first kappa shape index (κ1) is 23.6. The lowest BCUT2D eigenvalue weighted by Crippen LogP contribution is -1.94. The van der Waals surface area contributed by atoms with Gasteiger partial charge in [0.1, 0.15) is 11.3 Å². The molecule has 11 aromatic rings.